The van der Waals surface area contributed by atoms with Gasteiger partial charge in [0.15, 0.2) is 0 Å². The number of para-hydroxylation sites is 1. The molecule has 24 heavy (non-hydrogen) atoms. The van der Waals surface area contributed by atoms with E-state index in [1.165, 1.54) is 0 Å². The number of likely N-dealkylation sites (N-methyl/N-ethyl adjacent to an activating group) is 1. The highest BCUT2D eigenvalue weighted by molar-refractivity contribution is 5.88. The number of carbonyl (C=O) groups excluding carboxylic acids is 1. The van der Waals surface area contributed by atoms with Crippen molar-refractivity contribution in [2.45, 2.75) is 38.3 Å². The van der Waals surface area contributed by atoms with E-state index in [4.69, 9.17) is 5.11 Å². The highest BCUT2D eigenvalue weighted by Crippen LogP contribution is 2.26. The first kappa shape index (κ1) is 16.5. The molecule has 1 heterocycles. The highest BCUT2D eigenvalue weighted by atomic mass is 16.4. The van der Waals surface area contributed by atoms with Crippen LogP contribution in [0.4, 0.5) is 0 Å². The van der Waals surface area contributed by atoms with Crippen LogP contribution in [0.25, 0.3) is 10.9 Å². The number of carbonyl (C=O) groups is 2. The van der Waals surface area contributed by atoms with E-state index in [1.807, 2.05) is 42.3 Å². The number of aromatic nitrogens is 1. The molecule has 1 aromatic carbocycles. The van der Waals surface area contributed by atoms with E-state index in [-0.39, 0.29) is 24.5 Å². The van der Waals surface area contributed by atoms with Gasteiger partial charge in [0.1, 0.15) is 0 Å². The van der Waals surface area contributed by atoms with Gasteiger partial charge in [-0.1, -0.05) is 25.1 Å². The molecule has 0 aliphatic heterocycles. The number of aromatic amines is 1. The van der Waals surface area contributed by atoms with Crippen molar-refractivity contribution < 1.29 is 14.7 Å². The summed E-state index contributed by atoms with van der Waals surface area (Å²) < 4.78 is 0. The third-order valence-corrected chi connectivity index (χ3v) is 4.77. The van der Waals surface area contributed by atoms with Crippen molar-refractivity contribution in [2.75, 3.05) is 13.1 Å². The average molecular weight is 329 g/mol. The molecule has 1 amide bonds. The van der Waals surface area contributed by atoms with Crippen LogP contribution in [0, 0.1) is 0 Å². The van der Waals surface area contributed by atoms with E-state index in [1.54, 1.807) is 0 Å². The third-order valence-electron chi connectivity index (χ3n) is 4.77. The Morgan fingerprint density at radius 2 is 2.08 bits per heavy atom. The number of nitrogens with one attached hydrogen (secondary N) is 2. The number of rotatable bonds is 7. The Balaban J connectivity index is 1.49. The zero-order chi connectivity index (χ0) is 17.1. The van der Waals surface area contributed by atoms with Gasteiger partial charge in [0.05, 0.1) is 13.0 Å². The summed E-state index contributed by atoms with van der Waals surface area (Å²) in [7, 11) is 0. The number of fused-ring (bicyclic) bond motifs is 1. The number of nitrogens with zero attached hydrogens (tertiary/aromatic N) is 1. The Morgan fingerprint density at radius 3 is 2.79 bits per heavy atom. The van der Waals surface area contributed by atoms with E-state index >= 15 is 0 Å². The minimum atomic E-state index is -0.802. The molecule has 2 aromatic rings. The number of amides is 1. The SMILES string of the molecule is CCN(CC(=O)O)C1CC(NC(=O)Cc2c[nH]c3ccccc23)C1. The Bertz CT molecular complexity index is 734. The van der Waals surface area contributed by atoms with Crippen molar-refractivity contribution in [3.63, 3.8) is 0 Å². The first-order valence-electron chi connectivity index (χ1n) is 8.37. The molecule has 0 radical (unpaired) electrons. The Hall–Kier alpha value is -2.34. The fourth-order valence-corrected chi connectivity index (χ4v) is 3.41. The van der Waals surface area contributed by atoms with Crippen molar-refractivity contribution >= 4 is 22.8 Å². The zero-order valence-electron chi connectivity index (χ0n) is 13.8. The largest absolute Gasteiger partial charge is 0.480 e. The van der Waals surface area contributed by atoms with Crippen molar-refractivity contribution in [1.29, 1.82) is 0 Å². The van der Waals surface area contributed by atoms with Crippen molar-refractivity contribution in [3.8, 4) is 0 Å². The molecule has 0 atom stereocenters. The normalized spacial score (nSPS) is 20.1. The minimum absolute atomic E-state index is 0.0180. The molecule has 0 spiro atoms. The van der Waals surface area contributed by atoms with Crippen LogP contribution in [0.5, 0.6) is 0 Å². The first-order chi connectivity index (χ1) is 11.6. The molecule has 1 aromatic heterocycles. The lowest BCUT2D eigenvalue weighted by atomic mass is 9.85. The second-order valence-electron chi connectivity index (χ2n) is 6.38. The number of carboxylic acids is 1. The number of H-pyrrole nitrogens is 1. The zero-order valence-corrected chi connectivity index (χ0v) is 13.8. The predicted octanol–water partition coefficient (Wildman–Crippen LogP) is 1.76. The van der Waals surface area contributed by atoms with Crippen molar-refractivity contribution in [1.82, 2.24) is 15.2 Å². The Morgan fingerprint density at radius 1 is 1.33 bits per heavy atom. The number of carboxylic acid groups (broad SMARTS) is 1. The highest BCUT2D eigenvalue weighted by Gasteiger charge is 2.34. The summed E-state index contributed by atoms with van der Waals surface area (Å²) in [5, 5.41) is 13.0. The van der Waals surface area contributed by atoms with Crippen LogP contribution in [0.1, 0.15) is 25.3 Å². The molecule has 0 unspecified atom stereocenters. The molecular weight excluding hydrogens is 306 g/mol. The maximum atomic E-state index is 12.2. The van der Waals surface area contributed by atoms with E-state index in [0.717, 1.165) is 29.3 Å². The summed E-state index contributed by atoms with van der Waals surface area (Å²) >= 11 is 0. The molecule has 3 rings (SSSR count). The van der Waals surface area contributed by atoms with Gasteiger partial charge in [-0.25, -0.2) is 0 Å². The molecule has 128 valence electrons. The summed E-state index contributed by atoms with van der Waals surface area (Å²) in [6.45, 7) is 2.75. The van der Waals surface area contributed by atoms with Crippen LogP contribution in [-0.4, -0.2) is 52.0 Å². The van der Waals surface area contributed by atoms with Gasteiger partial charge in [-0.3, -0.25) is 14.5 Å². The molecule has 1 saturated carbocycles. The molecule has 1 fully saturated rings. The fraction of sp³-hybridized carbons (Fsp3) is 0.444. The summed E-state index contributed by atoms with van der Waals surface area (Å²) in [6, 6.07) is 8.34. The average Bonchev–Trinajstić information content (AvgIpc) is 2.91. The van der Waals surface area contributed by atoms with Gasteiger partial charge < -0.3 is 15.4 Å². The number of hydrogen-bond acceptors (Lipinski definition) is 3. The van der Waals surface area contributed by atoms with E-state index < -0.39 is 5.97 Å². The molecule has 6 nitrogen and oxygen atoms in total. The van der Waals surface area contributed by atoms with Crippen LogP contribution in [0.3, 0.4) is 0 Å². The molecular formula is C18H23N3O3. The van der Waals surface area contributed by atoms with Gasteiger partial charge >= 0.3 is 5.97 Å². The quantitative estimate of drug-likeness (QED) is 0.722. The van der Waals surface area contributed by atoms with E-state index in [9.17, 15) is 9.59 Å². The summed E-state index contributed by atoms with van der Waals surface area (Å²) in [4.78, 5) is 28.2. The molecule has 6 heteroatoms. The first-order valence-corrected chi connectivity index (χ1v) is 8.37. The van der Waals surface area contributed by atoms with Gasteiger partial charge in [-0.15, -0.1) is 0 Å². The van der Waals surface area contributed by atoms with Crippen molar-refractivity contribution in [3.05, 3.63) is 36.0 Å². The van der Waals surface area contributed by atoms with Gasteiger partial charge in [0.2, 0.25) is 5.91 Å². The molecule has 1 aliphatic rings. The topological polar surface area (TPSA) is 85.4 Å². The van der Waals surface area contributed by atoms with Gasteiger partial charge in [-0.2, -0.15) is 0 Å². The van der Waals surface area contributed by atoms with Gasteiger partial charge in [0.25, 0.3) is 0 Å². The molecule has 1 aliphatic carbocycles. The predicted molar refractivity (Wildman–Crippen MR) is 91.8 cm³/mol. The lowest BCUT2D eigenvalue weighted by Crippen LogP contribution is -2.55. The van der Waals surface area contributed by atoms with Crippen LogP contribution in [0.2, 0.25) is 0 Å². The minimum Gasteiger partial charge on any atom is -0.480 e. The third kappa shape index (κ3) is 3.59. The van der Waals surface area contributed by atoms with Gasteiger partial charge in [-0.05, 0) is 31.0 Å². The van der Waals surface area contributed by atoms with Crippen LogP contribution in [-0.2, 0) is 16.0 Å². The van der Waals surface area contributed by atoms with Crippen LogP contribution >= 0.6 is 0 Å². The second kappa shape index (κ2) is 7.05. The number of benzene rings is 1. The standard InChI is InChI=1S/C18H23N3O3/c1-2-21(11-18(23)24)14-8-13(9-14)20-17(22)7-12-10-19-16-6-4-3-5-15(12)16/h3-6,10,13-14,19H,2,7-9,11H2,1H3,(H,20,22)(H,23,24). The molecule has 3 N–H and O–H groups in total. The van der Waals surface area contributed by atoms with Gasteiger partial charge in [0, 0.05) is 29.2 Å². The lowest BCUT2D eigenvalue weighted by Gasteiger charge is -2.42. The summed E-state index contributed by atoms with van der Waals surface area (Å²) in [5.74, 6) is -0.784. The molecule has 0 bridgehead atoms. The Kier molecular flexibility index (Phi) is 4.85. The molecule has 0 saturated heterocycles. The van der Waals surface area contributed by atoms with E-state index in [2.05, 4.69) is 10.3 Å². The maximum Gasteiger partial charge on any atom is 0.317 e. The van der Waals surface area contributed by atoms with Crippen molar-refractivity contribution in [2.24, 2.45) is 0 Å². The second-order valence-corrected chi connectivity index (χ2v) is 6.38. The smallest absolute Gasteiger partial charge is 0.317 e. The monoisotopic (exact) mass is 329 g/mol. The number of aliphatic carboxylic acids is 1. The van der Waals surface area contributed by atoms with Crippen LogP contribution < -0.4 is 5.32 Å². The summed E-state index contributed by atoms with van der Waals surface area (Å²) in [5.41, 5.74) is 2.04. The van der Waals surface area contributed by atoms with Crippen LogP contribution in [0.15, 0.2) is 30.5 Å². The fourth-order valence-electron chi connectivity index (χ4n) is 3.41. The Labute approximate surface area is 140 Å². The number of hydrogen-bond donors (Lipinski definition) is 3. The van der Waals surface area contributed by atoms with E-state index in [0.29, 0.717) is 13.0 Å². The maximum absolute atomic E-state index is 12.2. The summed E-state index contributed by atoms with van der Waals surface area (Å²) in [6.07, 6.45) is 3.89. The lowest BCUT2D eigenvalue weighted by molar-refractivity contribution is -0.139.